The van der Waals surface area contributed by atoms with Gasteiger partial charge in [0, 0.05) is 17.5 Å². The second-order valence-electron chi connectivity index (χ2n) is 4.72. The van der Waals surface area contributed by atoms with Gasteiger partial charge in [0.25, 0.3) is 0 Å². The highest BCUT2D eigenvalue weighted by Crippen LogP contribution is 2.32. The number of carbonyl (C=O) groups is 2. The van der Waals surface area contributed by atoms with Crippen LogP contribution in [0, 0.1) is 0 Å². The Labute approximate surface area is 141 Å². The predicted molar refractivity (Wildman–Crippen MR) is 90.0 cm³/mol. The summed E-state index contributed by atoms with van der Waals surface area (Å²) in [5, 5.41) is 5.46. The molecule has 0 unspecified atom stereocenters. The van der Waals surface area contributed by atoms with Gasteiger partial charge in [-0.3, -0.25) is 19.9 Å². The van der Waals surface area contributed by atoms with Gasteiger partial charge in [0.15, 0.2) is 17.3 Å². The van der Waals surface area contributed by atoms with E-state index < -0.39 is 11.8 Å². The van der Waals surface area contributed by atoms with Crippen molar-refractivity contribution in [1.29, 1.82) is 0 Å². The fourth-order valence-corrected chi connectivity index (χ4v) is 2.80. The molecule has 0 radical (unpaired) electrons. The normalized spacial score (nSPS) is 13.3. The summed E-state index contributed by atoms with van der Waals surface area (Å²) in [4.78, 5) is 31.7. The SMILES string of the molecule is COc1cc(NC(=O)C(=O)NC2=NCCS2)ccc1-c1cnco1. The monoisotopic (exact) mass is 346 g/mol. The topological polar surface area (TPSA) is 106 Å². The molecule has 24 heavy (non-hydrogen) atoms. The highest BCUT2D eigenvalue weighted by molar-refractivity contribution is 8.14. The number of aliphatic imine (C=N–C) groups is 1. The lowest BCUT2D eigenvalue weighted by Gasteiger charge is -2.10. The maximum atomic E-state index is 12.0. The van der Waals surface area contributed by atoms with E-state index in [2.05, 4.69) is 20.6 Å². The van der Waals surface area contributed by atoms with E-state index in [9.17, 15) is 9.59 Å². The number of ether oxygens (including phenoxy) is 1. The van der Waals surface area contributed by atoms with Crippen molar-refractivity contribution in [3.8, 4) is 17.1 Å². The molecule has 0 saturated carbocycles. The summed E-state index contributed by atoms with van der Waals surface area (Å²) >= 11 is 1.40. The Hall–Kier alpha value is -2.81. The number of oxazole rings is 1. The number of carbonyl (C=O) groups excluding carboxylic acids is 2. The number of anilines is 1. The fourth-order valence-electron chi connectivity index (χ4n) is 2.07. The number of hydrogen-bond acceptors (Lipinski definition) is 7. The Kier molecular flexibility index (Phi) is 4.80. The average molecular weight is 346 g/mol. The summed E-state index contributed by atoms with van der Waals surface area (Å²) in [5.41, 5.74) is 1.12. The Morgan fingerprint density at radius 2 is 2.12 bits per heavy atom. The molecule has 2 aromatic rings. The maximum absolute atomic E-state index is 12.0. The van der Waals surface area contributed by atoms with Crippen LogP contribution in [0.3, 0.4) is 0 Å². The van der Waals surface area contributed by atoms with Crippen molar-refractivity contribution < 1.29 is 18.7 Å². The third-order valence-corrected chi connectivity index (χ3v) is 4.06. The number of methoxy groups -OCH3 is 1. The molecule has 1 aliphatic rings. The van der Waals surface area contributed by atoms with Crippen LogP contribution in [0.2, 0.25) is 0 Å². The number of amides is 2. The number of amidine groups is 1. The van der Waals surface area contributed by atoms with Crippen LogP contribution in [0.25, 0.3) is 11.3 Å². The molecule has 1 aromatic heterocycles. The molecule has 0 fully saturated rings. The van der Waals surface area contributed by atoms with Crippen LogP contribution in [-0.2, 0) is 9.59 Å². The molecule has 2 amide bonds. The van der Waals surface area contributed by atoms with Gasteiger partial charge in [-0.15, -0.1) is 0 Å². The van der Waals surface area contributed by atoms with E-state index in [-0.39, 0.29) is 0 Å². The molecule has 8 nitrogen and oxygen atoms in total. The van der Waals surface area contributed by atoms with Crippen molar-refractivity contribution in [1.82, 2.24) is 10.3 Å². The van der Waals surface area contributed by atoms with Crippen molar-refractivity contribution >= 4 is 34.4 Å². The molecular formula is C15H14N4O4S. The fraction of sp³-hybridized carbons (Fsp3) is 0.200. The third kappa shape index (κ3) is 3.57. The van der Waals surface area contributed by atoms with Crippen molar-refractivity contribution in [2.45, 2.75) is 0 Å². The van der Waals surface area contributed by atoms with E-state index in [0.717, 1.165) is 5.75 Å². The van der Waals surface area contributed by atoms with Crippen molar-refractivity contribution in [2.75, 3.05) is 24.7 Å². The summed E-state index contributed by atoms with van der Waals surface area (Å²) < 4.78 is 10.5. The number of hydrogen-bond donors (Lipinski definition) is 2. The minimum atomic E-state index is -0.778. The summed E-state index contributed by atoms with van der Waals surface area (Å²) in [6.45, 7) is 0.641. The summed E-state index contributed by atoms with van der Waals surface area (Å²) in [6.07, 6.45) is 2.88. The van der Waals surface area contributed by atoms with Crippen LogP contribution in [0.15, 0.2) is 40.2 Å². The van der Waals surface area contributed by atoms with Gasteiger partial charge in [0.1, 0.15) is 5.75 Å². The average Bonchev–Trinajstić information content (AvgIpc) is 3.28. The second-order valence-corrected chi connectivity index (χ2v) is 5.81. The molecule has 0 atom stereocenters. The molecule has 3 rings (SSSR count). The van der Waals surface area contributed by atoms with E-state index in [1.54, 1.807) is 24.4 Å². The minimum absolute atomic E-state index is 0.427. The molecule has 1 aliphatic heterocycles. The lowest BCUT2D eigenvalue weighted by Crippen LogP contribution is -2.37. The quantitative estimate of drug-likeness (QED) is 0.816. The number of thioether (sulfide) groups is 1. The van der Waals surface area contributed by atoms with Crippen LogP contribution >= 0.6 is 11.8 Å². The number of aromatic nitrogens is 1. The molecule has 9 heteroatoms. The van der Waals surface area contributed by atoms with Gasteiger partial charge < -0.3 is 14.5 Å². The molecule has 0 saturated heterocycles. The van der Waals surface area contributed by atoms with Crippen molar-refractivity contribution in [2.24, 2.45) is 4.99 Å². The molecule has 2 N–H and O–H groups in total. The van der Waals surface area contributed by atoms with E-state index in [4.69, 9.17) is 9.15 Å². The Balaban J connectivity index is 1.70. The van der Waals surface area contributed by atoms with Crippen LogP contribution in [0.1, 0.15) is 0 Å². The molecular weight excluding hydrogens is 332 g/mol. The van der Waals surface area contributed by atoms with Gasteiger partial charge in [-0.25, -0.2) is 4.98 Å². The Morgan fingerprint density at radius 1 is 1.29 bits per heavy atom. The first-order chi connectivity index (χ1) is 11.7. The maximum Gasteiger partial charge on any atom is 0.315 e. The van der Waals surface area contributed by atoms with E-state index >= 15 is 0 Å². The van der Waals surface area contributed by atoms with Gasteiger partial charge in [-0.05, 0) is 12.1 Å². The molecule has 2 heterocycles. The molecule has 124 valence electrons. The van der Waals surface area contributed by atoms with Crippen LogP contribution < -0.4 is 15.4 Å². The van der Waals surface area contributed by atoms with Crippen molar-refractivity contribution in [3.63, 3.8) is 0 Å². The number of nitrogens with one attached hydrogen (secondary N) is 2. The molecule has 0 spiro atoms. The van der Waals surface area contributed by atoms with Crippen LogP contribution in [-0.4, -0.2) is 41.4 Å². The minimum Gasteiger partial charge on any atom is -0.496 e. The first-order valence-electron chi connectivity index (χ1n) is 7.04. The molecule has 1 aromatic carbocycles. The summed E-state index contributed by atoms with van der Waals surface area (Å²) in [5.74, 6) is 0.290. The van der Waals surface area contributed by atoms with Gasteiger partial charge in [-0.2, -0.15) is 0 Å². The van der Waals surface area contributed by atoms with Gasteiger partial charge in [-0.1, -0.05) is 11.8 Å². The number of nitrogens with zero attached hydrogens (tertiary/aromatic N) is 2. The Bertz CT molecular complexity index is 789. The molecule has 0 aliphatic carbocycles. The van der Waals surface area contributed by atoms with Crippen LogP contribution in [0.4, 0.5) is 5.69 Å². The standard InChI is InChI=1S/C15H14N4O4S/c1-22-11-6-9(2-3-10(11)12-7-16-8-23-12)18-13(20)14(21)19-15-17-4-5-24-15/h2-3,6-8H,4-5H2,1H3,(H,18,20)(H,17,19,21). The highest BCUT2D eigenvalue weighted by Gasteiger charge is 2.19. The Morgan fingerprint density at radius 3 is 2.79 bits per heavy atom. The second kappa shape index (κ2) is 7.18. The predicted octanol–water partition coefficient (Wildman–Crippen LogP) is 1.51. The van der Waals surface area contributed by atoms with Crippen LogP contribution in [0.5, 0.6) is 5.75 Å². The van der Waals surface area contributed by atoms with Gasteiger partial charge in [0.05, 0.1) is 25.4 Å². The lowest BCUT2D eigenvalue weighted by molar-refractivity contribution is -0.135. The summed E-state index contributed by atoms with van der Waals surface area (Å²) in [7, 11) is 1.50. The molecule has 0 bridgehead atoms. The zero-order valence-corrected chi connectivity index (χ0v) is 13.6. The first kappa shape index (κ1) is 16.1. The number of benzene rings is 1. The zero-order valence-electron chi connectivity index (χ0n) is 12.7. The largest absolute Gasteiger partial charge is 0.496 e. The number of rotatable bonds is 3. The zero-order chi connectivity index (χ0) is 16.9. The first-order valence-corrected chi connectivity index (χ1v) is 8.02. The van der Waals surface area contributed by atoms with E-state index in [1.807, 2.05) is 0 Å². The van der Waals surface area contributed by atoms with Gasteiger partial charge >= 0.3 is 11.8 Å². The smallest absolute Gasteiger partial charge is 0.315 e. The highest BCUT2D eigenvalue weighted by atomic mass is 32.2. The summed E-state index contributed by atoms with van der Waals surface area (Å²) in [6, 6.07) is 4.96. The van der Waals surface area contributed by atoms with E-state index in [1.165, 1.54) is 25.3 Å². The lowest BCUT2D eigenvalue weighted by atomic mass is 10.1. The van der Waals surface area contributed by atoms with Crippen molar-refractivity contribution in [3.05, 3.63) is 30.8 Å². The van der Waals surface area contributed by atoms with Gasteiger partial charge in [0.2, 0.25) is 0 Å². The van der Waals surface area contributed by atoms with E-state index in [0.29, 0.717) is 34.5 Å². The third-order valence-electron chi connectivity index (χ3n) is 3.17.